The van der Waals surface area contributed by atoms with Crippen LogP contribution in [0.4, 0.5) is 10.3 Å². The van der Waals surface area contributed by atoms with Crippen LogP contribution in [0.1, 0.15) is 41.5 Å². The molecule has 0 saturated carbocycles. The van der Waals surface area contributed by atoms with Gasteiger partial charge in [-0.25, -0.2) is 14.4 Å². The molecule has 0 bridgehead atoms. The lowest BCUT2D eigenvalue weighted by atomic mass is 9.89. The summed E-state index contributed by atoms with van der Waals surface area (Å²) in [6, 6.07) is 6.67. The van der Waals surface area contributed by atoms with E-state index in [4.69, 9.17) is 9.51 Å². The fourth-order valence-electron chi connectivity index (χ4n) is 4.24. The van der Waals surface area contributed by atoms with Gasteiger partial charge in [-0.2, -0.15) is 0 Å². The molecule has 1 unspecified atom stereocenters. The molecule has 0 N–H and O–H groups in total. The van der Waals surface area contributed by atoms with E-state index in [1.807, 2.05) is 43.8 Å². The van der Waals surface area contributed by atoms with E-state index in [0.29, 0.717) is 35.9 Å². The first-order chi connectivity index (χ1) is 15.3. The number of rotatable bonds is 5. The van der Waals surface area contributed by atoms with Gasteiger partial charge in [-0.1, -0.05) is 23.4 Å². The Kier molecular flexibility index (Phi) is 6.21. The van der Waals surface area contributed by atoms with Gasteiger partial charge in [0.1, 0.15) is 11.6 Å². The molecule has 7 nitrogen and oxygen atoms in total. The van der Waals surface area contributed by atoms with Crippen molar-refractivity contribution in [3.63, 3.8) is 0 Å². The van der Waals surface area contributed by atoms with Crippen molar-refractivity contribution >= 4 is 11.9 Å². The molecule has 1 atom stereocenters. The Morgan fingerprint density at radius 2 is 2.03 bits per heavy atom. The highest BCUT2D eigenvalue weighted by Crippen LogP contribution is 2.35. The highest BCUT2D eigenvalue weighted by Gasteiger charge is 2.29. The van der Waals surface area contributed by atoms with Crippen LogP contribution in [-0.2, 0) is 11.2 Å². The van der Waals surface area contributed by atoms with Gasteiger partial charge in [0, 0.05) is 56.0 Å². The number of carbonyl (C=O) groups is 1. The maximum absolute atomic E-state index is 14.6. The zero-order valence-electron chi connectivity index (χ0n) is 18.9. The molecule has 1 fully saturated rings. The van der Waals surface area contributed by atoms with Gasteiger partial charge in [0.2, 0.25) is 11.9 Å². The van der Waals surface area contributed by atoms with Crippen LogP contribution in [0, 0.1) is 19.7 Å². The fourth-order valence-corrected chi connectivity index (χ4v) is 4.24. The molecule has 2 aromatic heterocycles. The molecule has 8 heteroatoms. The molecular formula is C24H28FN5O2. The molecule has 1 aliphatic heterocycles. The number of nitrogens with zero attached hydrogens (tertiary/aromatic N) is 5. The van der Waals surface area contributed by atoms with E-state index in [1.54, 1.807) is 18.3 Å². The third kappa shape index (κ3) is 4.35. The molecule has 3 heterocycles. The molecule has 1 aromatic carbocycles. The van der Waals surface area contributed by atoms with Crippen LogP contribution in [0.15, 0.2) is 35.0 Å². The molecule has 1 saturated heterocycles. The number of piperidine rings is 1. The van der Waals surface area contributed by atoms with Gasteiger partial charge in [0.15, 0.2) is 0 Å². The first kappa shape index (κ1) is 21.9. The fraction of sp³-hybridized carbons (Fsp3) is 0.417. The molecule has 168 valence electrons. The SMILES string of the molecule is Cc1noc(C)c1CC(=O)N1CCCC(c2nc(N(C)C)ncc2-c2ccccc2F)C1. The summed E-state index contributed by atoms with van der Waals surface area (Å²) in [5, 5.41) is 3.95. The van der Waals surface area contributed by atoms with E-state index in [2.05, 4.69) is 10.1 Å². The zero-order valence-corrected chi connectivity index (χ0v) is 18.9. The van der Waals surface area contributed by atoms with Crippen LogP contribution >= 0.6 is 0 Å². The molecular weight excluding hydrogens is 409 g/mol. The number of hydrogen-bond acceptors (Lipinski definition) is 6. The normalized spacial score (nSPS) is 16.3. The van der Waals surface area contributed by atoms with Crippen LogP contribution in [0.2, 0.25) is 0 Å². The molecule has 3 aromatic rings. The topological polar surface area (TPSA) is 75.4 Å². The van der Waals surface area contributed by atoms with E-state index in [0.717, 1.165) is 29.8 Å². The lowest BCUT2D eigenvalue weighted by molar-refractivity contribution is -0.131. The number of anilines is 1. The third-order valence-electron chi connectivity index (χ3n) is 6.04. The maximum Gasteiger partial charge on any atom is 0.227 e. The summed E-state index contributed by atoms with van der Waals surface area (Å²) in [6.07, 6.45) is 3.69. The van der Waals surface area contributed by atoms with Crippen molar-refractivity contribution in [1.29, 1.82) is 0 Å². The molecule has 0 spiro atoms. The minimum absolute atomic E-state index is 0.00586. The summed E-state index contributed by atoms with van der Waals surface area (Å²) in [6.45, 7) is 4.90. The standard InChI is InChI=1S/C24H28FN5O2/c1-15-19(16(2)32-28-15)12-22(31)30-11-7-8-17(14-30)23-20(13-26-24(27-23)29(3)4)18-9-5-6-10-21(18)25/h5-6,9-10,13,17H,7-8,11-12,14H2,1-4H3. The quantitative estimate of drug-likeness (QED) is 0.603. The third-order valence-corrected chi connectivity index (χ3v) is 6.04. The average molecular weight is 438 g/mol. The summed E-state index contributed by atoms with van der Waals surface area (Å²) in [4.78, 5) is 26.0. The van der Waals surface area contributed by atoms with E-state index < -0.39 is 0 Å². The van der Waals surface area contributed by atoms with Crippen molar-refractivity contribution in [1.82, 2.24) is 20.0 Å². The predicted molar refractivity (Wildman–Crippen MR) is 120 cm³/mol. The smallest absolute Gasteiger partial charge is 0.227 e. The van der Waals surface area contributed by atoms with Gasteiger partial charge in [0.25, 0.3) is 0 Å². The summed E-state index contributed by atoms with van der Waals surface area (Å²) in [5.74, 6) is 0.973. The first-order valence-corrected chi connectivity index (χ1v) is 10.8. The van der Waals surface area contributed by atoms with E-state index >= 15 is 0 Å². The van der Waals surface area contributed by atoms with Crippen LogP contribution in [0.25, 0.3) is 11.1 Å². The average Bonchev–Trinajstić information content (AvgIpc) is 3.11. The summed E-state index contributed by atoms with van der Waals surface area (Å²) in [7, 11) is 3.75. The van der Waals surface area contributed by atoms with E-state index in [9.17, 15) is 9.18 Å². The van der Waals surface area contributed by atoms with Gasteiger partial charge >= 0.3 is 0 Å². The number of aryl methyl sites for hydroxylation is 2. The largest absolute Gasteiger partial charge is 0.361 e. The van der Waals surface area contributed by atoms with Gasteiger partial charge in [-0.05, 0) is 32.8 Å². The number of aromatic nitrogens is 3. The van der Waals surface area contributed by atoms with E-state index in [1.165, 1.54) is 6.07 Å². The van der Waals surface area contributed by atoms with Crippen LogP contribution in [0.5, 0.6) is 0 Å². The molecule has 1 aliphatic rings. The number of carbonyl (C=O) groups excluding carboxylic acids is 1. The molecule has 0 aliphatic carbocycles. The highest BCUT2D eigenvalue weighted by atomic mass is 19.1. The van der Waals surface area contributed by atoms with Crippen molar-refractivity contribution < 1.29 is 13.7 Å². The number of benzene rings is 1. The molecule has 1 amide bonds. The van der Waals surface area contributed by atoms with Crippen molar-refractivity contribution in [3.05, 3.63) is 59.0 Å². The minimum Gasteiger partial charge on any atom is -0.361 e. The summed E-state index contributed by atoms with van der Waals surface area (Å²) >= 11 is 0. The van der Waals surface area contributed by atoms with Gasteiger partial charge in [-0.3, -0.25) is 4.79 Å². The monoisotopic (exact) mass is 437 g/mol. The number of halogens is 1. The highest BCUT2D eigenvalue weighted by molar-refractivity contribution is 5.79. The Labute approximate surface area is 187 Å². The van der Waals surface area contributed by atoms with Gasteiger partial charge in [-0.15, -0.1) is 0 Å². The Hall–Kier alpha value is -3.29. The van der Waals surface area contributed by atoms with Crippen LogP contribution in [-0.4, -0.2) is 53.1 Å². The second kappa shape index (κ2) is 9.06. The number of hydrogen-bond donors (Lipinski definition) is 0. The Morgan fingerprint density at radius 1 is 1.25 bits per heavy atom. The lowest BCUT2D eigenvalue weighted by Crippen LogP contribution is -2.40. The first-order valence-electron chi connectivity index (χ1n) is 10.8. The zero-order chi connectivity index (χ0) is 22.8. The molecule has 32 heavy (non-hydrogen) atoms. The van der Waals surface area contributed by atoms with Crippen molar-refractivity contribution in [2.45, 2.75) is 39.0 Å². The number of amides is 1. The van der Waals surface area contributed by atoms with Crippen molar-refractivity contribution in [2.75, 3.05) is 32.1 Å². The Balaban J connectivity index is 1.64. The van der Waals surface area contributed by atoms with Crippen LogP contribution < -0.4 is 4.90 Å². The predicted octanol–water partition coefficient (Wildman–Crippen LogP) is 3.90. The second-order valence-electron chi connectivity index (χ2n) is 8.50. The Morgan fingerprint density at radius 3 is 2.72 bits per heavy atom. The van der Waals surface area contributed by atoms with E-state index in [-0.39, 0.29) is 24.1 Å². The molecule has 0 radical (unpaired) electrons. The summed E-state index contributed by atoms with van der Waals surface area (Å²) < 4.78 is 19.8. The van der Waals surface area contributed by atoms with Gasteiger partial charge in [0.05, 0.1) is 17.8 Å². The van der Waals surface area contributed by atoms with Crippen molar-refractivity contribution in [3.8, 4) is 11.1 Å². The Bertz CT molecular complexity index is 1110. The molecule has 4 rings (SSSR count). The maximum atomic E-state index is 14.6. The summed E-state index contributed by atoms with van der Waals surface area (Å²) in [5.41, 5.74) is 3.54. The minimum atomic E-state index is -0.308. The lowest BCUT2D eigenvalue weighted by Gasteiger charge is -2.33. The van der Waals surface area contributed by atoms with Crippen LogP contribution in [0.3, 0.4) is 0 Å². The second-order valence-corrected chi connectivity index (χ2v) is 8.50. The van der Waals surface area contributed by atoms with Crippen molar-refractivity contribution in [2.24, 2.45) is 0 Å². The number of likely N-dealkylation sites (tertiary alicyclic amines) is 1. The van der Waals surface area contributed by atoms with Gasteiger partial charge < -0.3 is 14.3 Å².